The number of halogens is 1. The number of nitrogens with zero attached hydrogens (tertiary/aromatic N) is 4. The molecule has 0 aliphatic heterocycles. The summed E-state index contributed by atoms with van der Waals surface area (Å²) in [5.41, 5.74) is 3.45. The first-order chi connectivity index (χ1) is 15.4. The molecule has 3 aromatic carbocycles. The third-order valence-electron chi connectivity index (χ3n) is 5.02. The van der Waals surface area contributed by atoms with Gasteiger partial charge in [0.1, 0.15) is 6.07 Å². The molecule has 0 unspecified atom stereocenters. The van der Waals surface area contributed by atoms with Crippen LogP contribution in [-0.4, -0.2) is 29.6 Å². The number of aromatic nitrogens is 2. The number of benzene rings is 3. The SMILES string of the molecule is CN(Cc1cn(-c2ccccc2)nc1-c1ccccc1)S(=O)(=O)c1ccc(C#N)c(Cl)c1. The van der Waals surface area contributed by atoms with Gasteiger partial charge in [-0.15, -0.1) is 0 Å². The Morgan fingerprint density at radius 2 is 1.69 bits per heavy atom. The fourth-order valence-electron chi connectivity index (χ4n) is 3.33. The molecule has 8 heteroatoms. The Bertz CT molecular complexity index is 1400. The third-order valence-corrected chi connectivity index (χ3v) is 7.13. The third kappa shape index (κ3) is 4.30. The van der Waals surface area contributed by atoms with Gasteiger partial charge in [-0.1, -0.05) is 60.1 Å². The van der Waals surface area contributed by atoms with E-state index in [9.17, 15) is 8.42 Å². The number of rotatable bonds is 6. The zero-order valence-electron chi connectivity index (χ0n) is 17.2. The van der Waals surface area contributed by atoms with Crippen LogP contribution >= 0.6 is 11.6 Å². The first-order valence-corrected chi connectivity index (χ1v) is 11.6. The number of hydrogen-bond acceptors (Lipinski definition) is 4. The first kappa shape index (κ1) is 21.8. The topological polar surface area (TPSA) is 79.0 Å². The zero-order chi connectivity index (χ0) is 22.7. The van der Waals surface area contributed by atoms with Crippen molar-refractivity contribution >= 4 is 21.6 Å². The maximum Gasteiger partial charge on any atom is 0.243 e. The van der Waals surface area contributed by atoms with Crippen LogP contribution in [-0.2, 0) is 16.6 Å². The molecule has 0 saturated carbocycles. The van der Waals surface area contributed by atoms with Crippen molar-refractivity contribution in [1.82, 2.24) is 14.1 Å². The molecule has 4 rings (SSSR count). The summed E-state index contributed by atoms with van der Waals surface area (Å²) in [6.07, 6.45) is 1.84. The maximum atomic E-state index is 13.2. The molecule has 0 N–H and O–H groups in total. The largest absolute Gasteiger partial charge is 0.243 e. The zero-order valence-corrected chi connectivity index (χ0v) is 18.8. The van der Waals surface area contributed by atoms with E-state index in [1.807, 2.05) is 72.9 Å². The first-order valence-electron chi connectivity index (χ1n) is 9.75. The Labute approximate surface area is 192 Å². The van der Waals surface area contributed by atoms with E-state index in [2.05, 4.69) is 0 Å². The van der Waals surface area contributed by atoms with Crippen molar-refractivity contribution in [3.05, 3.63) is 101 Å². The van der Waals surface area contributed by atoms with Gasteiger partial charge < -0.3 is 0 Å². The monoisotopic (exact) mass is 462 g/mol. The minimum atomic E-state index is -3.84. The molecule has 4 aromatic rings. The fraction of sp³-hybridized carbons (Fsp3) is 0.0833. The van der Waals surface area contributed by atoms with Crippen LogP contribution in [0.1, 0.15) is 11.1 Å². The van der Waals surface area contributed by atoms with Gasteiger partial charge in [0.05, 0.1) is 26.9 Å². The molecule has 0 atom stereocenters. The van der Waals surface area contributed by atoms with Gasteiger partial charge in [0.15, 0.2) is 0 Å². The molecule has 1 aromatic heterocycles. The smallest absolute Gasteiger partial charge is 0.240 e. The van der Waals surface area contributed by atoms with E-state index in [0.29, 0.717) is 5.69 Å². The summed E-state index contributed by atoms with van der Waals surface area (Å²) >= 11 is 6.06. The predicted molar refractivity (Wildman–Crippen MR) is 124 cm³/mol. The van der Waals surface area contributed by atoms with E-state index in [0.717, 1.165) is 16.8 Å². The van der Waals surface area contributed by atoms with Crippen molar-refractivity contribution in [2.75, 3.05) is 7.05 Å². The van der Waals surface area contributed by atoms with E-state index in [1.54, 1.807) is 4.68 Å². The summed E-state index contributed by atoms with van der Waals surface area (Å²) in [6.45, 7) is 0.108. The van der Waals surface area contributed by atoms with E-state index >= 15 is 0 Å². The average Bonchev–Trinajstić information content (AvgIpc) is 3.24. The second-order valence-electron chi connectivity index (χ2n) is 7.16. The lowest BCUT2D eigenvalue weighted by Gasteiger charge is -2.17. The summed E-state index contributed by atoms with van der Waals surface area (Å²) < 4.78 is 29.3. The standard InChI is InChI=1S/C24H19ClN4O2S/c1-28(32(30,31)22-13-12-19(15-26)23(25)14-22)16-20-17-29(21-10-6-3-7-11-21)27-24(20)18-8-4-2-5-9-18/h2-14,17H,16H2,1H3. The van der Waals surface area contributed by atoms with Crippen molar-refractivity contribution in [3.8, 4) is 23.0 Å². The number of nitriles is 1. The van der Waals surface area contributed by atoms with Gasteiger partial charge in [-0.25, -0.2) is 13.1 Å². The highest BCUT2D eigenvalue weighted by Gasteiger charge is 2.24. The molecule has 160 valence electrons. The molecular formula is C24H19ClN4O2S. The highest BCUT2D eigenvalue weighted by Crippen LogP contribution is 2.27. The quantitative estimate of drug-likeness (QED) is 0.409. The Morgan fingerprint density at radius 1 is 1.03 bits per heavy atom. The minimum absolute atomic E-state index is 0.0284. The molecule has 0 saturated heterocycles. The lowest BCUT2D eigenvalue weighted by molar-refractivity contribution is 0.467. The van der Waals surface area contributed by atoms with Crippen LogP contribution in [0.25, 0.3) is 16.9 Å². The summed E-state index contributed by atoms with van der Waals surface area (Å²) in [5, 5.41) is 13.9. The van der Waals surface area contributed by atoms with Crippen LogP contribution in [0.5, 0.6) is 0 Å². The van der Waals surface area contributed by atoms with Gasteiger partial charge in [0, 0.05) is 30.9 Å². The second kappa shape index (κ2) is 8.97. The van der Waals surface area contributed by atoms with Crippen molar-refractivity contribution < 1.29 is 8.42 Å². The van der Waals surface area contributed by atoms with Crippen molar-refractivity contribution in [3.63, 3.8) is 0 Å². The van der Waals surface area contributed by atoms with Gasteiger partial charge in [-0.2, -0.15) is 14.7 Å². The van der Waals surface area contributed by atoms with E-state index in [1.165, 1.54) is 29.6 Å². The molecule has 0 fully saturated rings. The Morgan fingerprint density at radius 3 is 2.31 bits per heavy atom. The van der Waals surface area contributed by atoms with Crippen LogP contribution in [0.4, 0.5) is 0 Å². The van der Waals surface area contributed by atoms with Gasteiger partial charge in [-0.3, -0.25) is 0 Å². The average molecular weight is 463 g/mol. The molecular weight excluding hydrogens is 444 g/mol. The molecule has 1 heterocycles. The second-order valence-corrected chi connectivity index (χ2v) is 9.62. The van der Waals surface area contributed by atoms with E-state index in [-0.39, 0.29) is 22.0 Å². The van der Waals surface area contributed by atoms with Crippen LogP contribution in [0.3, 0.4) is 0 Å². The molecule has 0 amide bonds. The highest BCUT2D eigenvalue weighted by atomic mass is 35.5. The highest BCUT2D eigenvalue weighted by molar-refractivity contribution is 7.89. The molecule has 0 aliphatic carbocycles. The van der Waals surface area contributed by atoms with Gasteiger partial charge in [0.25, 0.3) is 0 Å². The van der Waals surface area contributed by atoms with Crippen molar-refractivity contribution in [2.24, 2.45) is 0 Å². The lowest BCUT2D eigenvalue weighted by Crippen LogP contribution is -2.26. The lowest BCUT2D eigenvalue weighted by atomic mass is 10.1. The van der Waals surface area contributed by atoms with Crippen LogP contribution in [0.2, 0.25) is 5.02 Å². The van der Waals surface area contributed by atoms with Crippen molar-refractivity contribution in [2.45, 2.75) is 11.4 Å². The Hall–Kier alpha value is -3.44. The summed E-state index contributed by atoms with van der Waals surface area (Å²) in [5.74, 6) is 0. The summed E-state index contributed by atoms with van der Waals surface area (Å²) in [7, 11) is -2.33. The van der Waals surface area contributed by atoms with E-state index < -0.39 is 10.0 Å². The van der Waals surface area contributed by atoms with Crippen LogP contribution in [0.15, 0.2) is 90.0 Å². The Balaban J connectivity index is 1.72. The minimum Gasteiger partial charge on any atom is -0.240 e. The van der Waals surface area contributed by atoms with Gasteiger partial charge in [-0.05, 0) is 30.3 Å². The molecule has 0 spiro atoms. The summed E-state index contributed by atoms with van der Waals surface area (Å²) in [4.78, 5) is 0.0284. The Kier molecular flexibility index (Phi) is 6.10. The van der Waals surface area contributed by atoms with E-state index in [4.69, 9.17) is 22.0 Å². The van der Waals surface area contributed by atoms with Crippen LogP contribution in [0, 0.1) is 11.3 Å². The molecule has 6 nitrogen and oxygen atoms in total. The van der Waals surface area contributed by atoms with Crippen molar-refractivity contribution in [1.29, 1.82) is 5.26 Å². The molecule has 0 radical (unpaired) electrons. The normalized spacial score (nSPS) is 11.4. The van der Waals surface area contributed by atoms with Crippen LogP contribution < -0.4 is 0 Å². The predicted octanol–water partition coefficient (Wildman–Crippen LogP) is 4.89. The van der Waals surface area contributed by atoms with Gasteiger partial charge in [0.2, 0.25) is 10.0 Å². The maximum absolute atomic E-state index is 13.2. The molecule has 0 bridgehead atoms. The number of hydrogen-bond donors (Lipinski definition) is 0. The number of para-hydroxylation sites is 1. The molecule has 0 aliphatic rings. The summed E-state index contributed by atoms with van der Waals surface area (Å²) in [6, 6.07) is 25.3. The fourth-order valence-corrected chi connectivity index (χ4v) is 4.79. The molecule has 32 heavy (non-hydrogen) atoms. The number of sulfonamides is 1. The van der Waals surface area contributed by atoms with Gasteiger partial charge >= 0.3 is 0 Å².